The summed E-state index contributed by atoms with van der Waals surface area (Å²) in [5.74, 6) is 0.504. The Morgan fingerprint density at radius 1 is 1.00 bits per heavy atom. The number of nitrogen functional groups attached to an aromatic ring is 1. The molecule has 0 saturated carbocycles. The van der Waals surface area contributed by atoms with Crippen LogP contribution < -0.4 is 15.8 Å². The number of aromatic nitrogens is 3. The van der Waals surface area contributed by atoms with Crippen molar-refractivity contribution in [3.05, 3.63) is 36.4 Å². The Bertz CT molecular complexity index is 992. The highest BCUT2D eigenvalue weighted by Gasteiger charge is 2.11. The molecular formula is C22H27N5O3. The van der Waals surface area contributed by atoms with Gasteiger partial charge in [0.15, 0.2) is 5.52 Å². The number of nitrogens with two attached hydrogens (primary N) is 1. The van der Waals surface area contributed by atoms with Gasteiger partial charge in [-0.2, -0.15) is 4.98 Å². The van der Waals surface area contributed by atoms with E-state index in [1.54, 1.807) is 0 Å². The quantitative estimate of drug-likeness (QED) is 0.490. The van der Waals surface area contributed by atoms with Crippen LogP contribution in [0.1, 0.15) is 33.1 Å². The number of pyridine rings is 1. The highest BCUT2D eigenvalue weighted by molar-refractivity contribution is 5.90. The number of hydrogen-bond acceptors (Lipinski definition) is 7. The number of nitrogens with zero attached hydrogens (tertiary/aromatic N) is 3. The van der Waals surface area contributed by atoms with Gasteiger partial charge in [-0.15, -0.1) is 0 Å². The third-order valence-corrected chi connectivity index (χ3v) is 4.44. The van der Waals surface area contributed by atoms with Crippen LogP contribution in [-0.2, 0) is 9.53 Å². The second kappa shape index (κ2) is 10.5. The SMILES string of the molecule is CCOCCCCOc1nc(N)nc2ccc(-c3ccc(NC(=O)CC)cc3)nc12. The molecule has 2 heterocycles. The van der Waals surface area contributed by atoms with E-state index in [1.807, 2.05) is 50.2 Å². The van der Waals surface area contributed by atoms with Gasteiger partial charge >= 0.3 is 0 Å². The van der Waals surface area contributed by atoms with E-state index in [4.69, 9.17) is 20.2 Å². The Morgan fingerprint density at radius 3 is 2.50 bits per heavy atom. The first-order chi connectivity index (χ1) is 14.6. The maximum Gasteiger partial charge on any atom is 0.245 e. The lowest BCUT2D eigenvalue weighted by atomic mass is 10.1. The van der Waals surface area contributed by atoms with Gasteiger partial charge in [-0.05, 0) is 44.0 Å². The molecule has 0 bridgehead atoms. The van der Waals surface area contributed by atoms with Crippen LogP contribution in [0.15, 0.2) is 36.4 Å². The zero-order valence-electron chi connectivity index (χ0n) is 17.4. The minimum atomic E-state index is -0.0237. The number of rotatable bonds is 10. The third kappa shape index (κ3) is 5.64. The van der Waals surface area contributed by atoms with Crippen molar-refractivity contribution in [2.24, 2.45) is 0 Å². The molecule has 1 aromatic carbocycles. The summed E-state index contributed by atoms with van der Waals surface area (Å²) in [6.45, 7) is 5.72. The van der Waals surface area contributed by atoms with E-state index in [0.29, 0.717) is 43.2 Å². The number of ether oxygens (including phenoxy) is 2. The number of nitrogens with one attached hydrogen (secondary N) is 1. The van der Waals surface area contributed by atoms with E-state index in [0.717, 1.165) is 29.8 Å². The maximum atomic E-state index is 11.5. The van der Waals surface area contributed by atoms with Crippen LogP contribution in [0, 0.1) is 0 Å². The minimum absolute atomic E-state index is 0.0237. The third-order valence-electron chi connectivity index (χ3n) is 4.44. The van der Waals surface area contributed by atoms with Crippen molar-refractivity contribution < 1.29 is 14.3 Å². The molecule has 0 aliphatic rings. The smallest absolute Gasteiger partial charge is 0.245 e. The van der Waals surface area contributed by atoms with Crippen LogP contribution in [-0.4, -0.2) is 40.7 Å². The molecule has 0 radical (unpaired) electrons. The van der Waals surface area contributed by atoms with Crippen molar-refractivity contribution in [2.45, 2.75) is 33.1 Å². The molecular weight excluding hydrogens is 382 g/mol. The van der Waals surface area contributed by atoms with E-state index in [-0.39, 0.29) is 11.9 Å². The zero-order chi connectivity index (χ0) is 21.3. The molecule has 3 N–H and O–H groups in total. The monoisotopic (exact) mass is 409 g/mol. The number of amides is 1. The maximum absolute atomic E-state index is 11.5. The number of fused-ring (bicyclic) bond motifs is 1. The largest absolute Gasteiger partial charge is 0.476 e. The second-order valence-corrected chi connectivity index (χ2v) is 6.68. The molecule has 0 saturated heterocycles. The lowest BCUT2D eigenvalue weighted by Crippen LogP contribution is -2.09. The van der Waals surface area contributed by atoms with E-state index in [1.165, 1.54) is 0 Å². The van der Waals surface area contributed by atoms with Crippen molar-refractivity contribution in [1.29, 1.82) is 0 Å². The molecule has 0 fully saturated rings. The number of carbonyl (C=O) groups is 1. The molecule has 2 aromatic heterocycles. The van der Waals surface area contributed by atoms with Crippen LogP contribution in [0.2, 0.25) is 0 Å². The lowest BCUT2D eigenvalue weighted by molar-refractivity contribution is -0.115. The molecule has 3 rings (SSSR count). The van der Waals surface area contributed by atoms with Crippen LogP contribution in [0.3, 0.4) is 0 Å². The van der Waals surface area contributed by atoms with Gasteiger partial charge in [-0.3, -0.25) is 4.79 Å². The molecule has 0 aliphatic carbocycles. The first-order valence-corrected chi connectivity index (χ1v) is 10.2. The van der Waals surface area contributed by atoms with Crippen molar-refractivity contribution in [3.8, 4) is 17.1 Å². The number of unbranched alkanes of at least 4 members (excludes halogenated alkanes) is 1. The fraction of sp³-hybridized carbons (Fsp3) is 0.364. The summed E-state index contributed by atoms with van der Waals surface area (Å²) in [7, 11) is 0. The van der Waals surface area contributed by atoms with E-state index in [9.17, 15) is 4.79 Å². The van der Waals surface area contributed by atoms with E-state index in [2.05, 4.69) is 15.3 Å². The average Bonchev–Trinajstić information content (AvgIpc) is 2.76. The summed E-state index contributed by atoms with van der Waals surface area (Å²) in [6.07, 6.45) is 2.19. The topological polar surface area (TPSA) is 112 Å². The van der Waals surface area contributed by atoms with Crippen LogP contribution >= 0.6 is 0 Å². The molecule has 0 unspecified atom stereocenters. The fourth-order valence-corrected chi connectivity index (χ4v) is 2.86. The van der Waals surface area contributed by atoms with Crippen molar-refractivity contribution in [1.82, 2.24) is 15.0 Å². The van der Waals surface area contributed by atoms with Crippen molar-refractivity contribution in [2.75, 3.05) is 30.9 Å². The molecule has 8 nitrogen and oxygen atoms in total. The summed E-state index contributed by atoms with van der Waals surface area (Å²) in [5.41, 5.74) is 9.43. The van der Waals surface area contributed by atoms with Gasteiger partial charge < -0.3 is 20.5 Å². The van der Waals surface area contributed by atoms with Crippen LogP contribution in [0.25, 0.3) is 22.3 Å². The Hall–Kier alpha value is -3.26. The fourth-order valence-electron chi connectivity index (χ4n) is 2.86. The second-order valence-electron chi connectivity index (χ2n) is 6.68. The summed E-state index contributed by atoms with van der Waals surface area (Å²) >= 11 is 0. The molecule has 0 atom stereocenters. The Kier molecular flexibility index (Phi) is 7.51. The molecule has 0 spiro atoms. The first-order valence-electron chi connectivity index (χ1n) is 10.2. The molecule has 3 aromatic rings. The molecule has 158 valence electrons. The molecule has 8 heteroatoms. The normalized spacial score (nSPS) is 10.9. The number of hydrogen-bond donors (Lipinski definition) is 2. The number of carbonyl (C=O) groups excluding carboxylic acids is 1. The molecule has 0 aliphatic heterocycles. The summed E-state index contributed by atoms with van der Waals surface area (Å²) in [6, 6.07) is 11.2. The summed E-state index contributed by atoms with van der Waals surface area (Å²) in [5, 5.41) is 2.83. The van der Waals surface area contributed by atoms with Gasteiger partial charge in [0, 0.05) is 30.9 Å². The van der Waals surface area contributed by atoms with Crippen LogP contribution in [0.5, 0.6) is 5.88 Å². The Labute approximate surface area is 175 Å². The zero-order valence-corrected chi connectivity index (χ0v) is 17.4. The van der Waals surface area contributed by atoms with E-state index >= 15 is 0 Å². The first kappa shape index (κ1) is 21.4. The molecule has 30 heavy (non-hydrogen) atoms. The summed E-state index contributed by atoms with van der Waals surface area (Å²) < 4.78 is 11.2. The van der Waals surface area contributed by atoms with Gasteiger partial charge in [0.05, 0.1) is 17.8 Å². The van der Waals surface area contributed by atoms with Gasteiger partial charge in [0.1, 0.15) is 0 Å². The van der Waals surface area contributed by atoms with Gasteiger partial charge in [0.25, 0.3) is 0 Å². The summed E-state index contributed by atoms with van der Waals surface area (Å²) in [4.78, 5) is 24.7. The number of anilines is 2. The van der Waals surface area contributed by atoms with Gasteiger partial charge in [-0.25, -0.2) is 9.97 Å². The van der Waals surface area contributed by atoms with Crippen molar-refractivity contribution >= 4 is 28.6 Å². The average molecular weight is 409 g/mol. The van der Waals surface area contributed by atoms with Gasteiger partial charge in [-0.1, -0.05) is 19.1 Å². The Morgan fingerprint density at radius 2 is 1.77 bits per heavy atom. The highest BCUT2D eigenvalue weighted by atomic mass is 16.5. The highest BCUT2D eigenvalue weighted by Crippen LogP contribution is 2.26. The lowest BCUT2D eigenvalue weighted by Gasteiger charge is -2.10. The Balaban J connectivity index is 1.78. The van der Waals surface area contributed by atoms with E-state index < -0.39 is 0 Å². The predicted octanol–water partition coefficient (Wildman–Crippen LogP) is 3.82. The predicted molar refractivity (Wildman–Crippen MR) is 117 cm³/mol. The minimum Gasteiger partial charge on any atom is -0.476 e. The van der Waals surface area contributed by atoms with Gasteiger partial charge in [0.2, 0.25) is 17.7 Å². The standard InChI is InChI=1S/C22H27N5O3/c1-3-19(28)24-16-9-7-15(8-10-16)17-11-12-18-20(25-17)21(27-22(23)26-18)30-14-6-5-13-29-4-2/h7-12H,3-6,13-14H2,1-2H3,(H,24,28)(H2,23,26,27). The molecule has 1 amide bonds. The van der Waals surface area contributed by atoms with Crippen LogP contribution in [0.4, 0.5) is 11.6 Å². The van der Waals surface area contributed by atoms with Crippen molar-refractivity contribution in [3.63, 3.8) is 0 Å². The number of benzene rings is 1.